The molecule has 6 nitrogen and oxygen atoms in total. The van der Waals surface area contributed by atoms with Crippen LogP contribution in [0, 0.1) is 6.92 Å². The number of alkyl halides is 3. The lowest BCUT2D eigenvalue weighted by Crippen LogP contribution is -2.23. The Morgan fingerprint density at radius 2 is 1.81 bits per heavy atom. The number of carbonyl (C=O) groups is 1. The van der Waals surface area contributed by atoms with Gasteiger partial charge in [0.25, 0.3) is 5.91 Å². The van der Waals surface area contributed by atoms with Crippen LogP contribution in [0.25, 0.3) is 0 Å². The Bertz CT molecular complexity index is 1140. The Balaban J connectivity index is 1.89. The molecule has 0 aliphatic heterocycles. The molecule has 0 atom stereocenters. The van der Waals surface area contributed by atoms with Crippen LogP contribution in [0.2, 0.25) is 0 Å². The van der Waals surface area contributed by atoms with Gasteiger partial charge in [-0.1, -0.05) is 12.1 Å². The van der Waals surface area contributed by atoms with Crippen molar-refractivity contribution in [3.8, 4) is 0 Å². The van der Waals surface area contributed by atoms with Gasteiger partial charge in [0.05, 0.1) is 16.9 Å². The normalized spacial score (nSPS) is 11.4. The van der Waals surface area contributed by atoms with Crippen LogP contribution in [-0.2, 0) is 23.6 Å². The molecule has 1 amide bonds. The van der Waals surface area contributed by atoms with E-state index in [-0.39, 0.29) is 23.5 Å². The molecule has 0 aliphatic rings. The first kappa shape index (κ1) is 22.3. The lowest BCUT2D eigenvalue weighted by atomic mass is 10.1. The molecule has 1 N–H and O–H groups in total. The zero-order valence-corrected chi connectivity index (χ0v) is 17.2. The summed E-state index contributed by atoms with van der Waals surface area (Å²) in [5.41, 5.74) is 0.834. The van der Waals surface area contributed by atoms with Crippen LogP contribution in [0.1, 0.15) is 27.0 Å². The van der Waals surface area contributed by atoms with E-state index in [0.717, 1.165) is 34.1 Å². The predicted octanol–water partition coefficient (Wildman–Crippen LogP) is 4.00. The summed E-state index contributed by atoms with van der Waals surface area (Å²) in [5.74, 6) is -0.432. The quantitative estimate of drug-likeness (QED) is 0.558. The van der Waals surface area contributed by atoms with E-state index in [1.54, 1.807) is 43.6 Å². The number of pyridine rings is 1. The maximum Gasteiger partial charge on any atom is 0.416 e. The highest BCUT2D eigenvalue weighted by molar-refractivity contribution is 7.74. The molecule has 2 aromatic carbocycles. The number of rotatable bonds is 6. The highest BCUT2D eigenvalue weighted by Crippen LogP contribution is 2.34. The molecule has 3 rings (SSSR count). The first-order valence-corrected chi connectivity index (χ1v) is 10.2. The zero-order valence-electron chi connectivity index (χ0n) is 16.3. The Hall–Kier alpha value is -3.40. The lowest BCUT2D eigenvalue weighted by molar-refractivity contribution is -0.137. The van der Waals surface area contributed by atoms with Gasteiger partial charge < -0.3 is 5.32 Å². The number of benzene rings is 2. The molecule has 162 valence electrons. The van der Waals surface area contributed by atoms with Gasteiger partial charge in [0.15, 0.2) is 0 Å². The summed E-state index contributed by atoms with van der Waals surface area (Å²) in [6, 6.07) is 11.8. The van der Waals surface area contributed by atoms with E-state index in [1.807, 2.05) is 0 Å². The number of nitrogens with zero attached hydrogens (tertiary/aromatic N) is 2. The SMILES string of the molecule is Cc1ccc(C(=O)NCc2cccnc2)cc1N(c1ccc(C(F)(F)F)cc1)[SH](=O)=O. The molecule has 0 saturated carbocycles. The van der Waals surface area contributed by atoms with Gasteiger partial charge >= 0.3 is 6.18 Å². The van der Waals surface area contributed by atoms with Crippen molar-refractivity contribution in [1.82, 2.24) is 10.3 Å². The summed E-state index contributed by atoms with van der Waals surface area (Å²) in [6.07, 6.45) is -1.32. The van der Waals surface area contributed by atoms with Crippen LogP contribution in [0.15, 0.2) is 67.0 Å². The van der Waals surface area contributed by atoms with E-state index in [9.17, 15) is 26.4 Å². The number of aryl methyl sites for hydroxylation is 1. The second kappa shape index (κ2) is 9.17. The fourth-order valence-corrected chi connectivity index (χ4v) is 3.59. The van der Waals surface area contributed by atoms with Crippen LogP contribution < -0.4 is 9.62 Å². The summed E-state index contributed by atoms with van der Waals surface area (Å²) in [6.45, 7) is 1.87. The Labute approximate surface area is 178 Å². The zero-order chi connectivity index (χ0) is 22.6. The first-order valence-electron chi connectivity index (χ1n) is 9.06. The van der Waals surface area contributed by atoms with Gasteiger partial charge in [0, 0.05) is 24.5 Å². The number of aromatic nitrogens is 1. The largest absolute Gasteiger partial charge is 0.416 e. The third-order valence-corrected chi connectivity index (χ3v) is 5.25. The molecule has 1 aromatic heterocycles. The average Bonchev–Trinajstić information content (AvgIpc) is 2.74. The third kappa shape index (κ3) is 5.40. The maximum absolute atomic E-state index is 12.8. The monoisotopic (exact) mass is 449 g/mol. The van der Waals surface area contributed by atoms with Gasteiger partial charge in [-0.2, -0.15) is 13.2 Å². The summed E-state index contributed by atoms with van der Waals surface area (Å²) >= 11 is 0. The number of hydrogen-bond donors (Lipinski definition) is 2. The molecule has 3 aromatic rings. The molecule has 0 spiro atoms. The molecule has 31 heavy (non-hydrogen) atoms. The van der Waals surface area contributed by atoms with E-state index < -0.39 is 28.5 Å². The number of halogens is 3. The van der Waals surface area contributed by atoms with Crippen LogP contribution in [0.5, 0.6) is 0 Å². The number of nitrogens with one attached hydrogen (secondary N) is 1. The standard InChI is InChI=1S/C21H18F3N3O3S/c1-14-4-5-16(20(28)26-13-15-3-2-10-25-12-15)11-19(14)27(31(29)30)18-8-6-17(7-9-18)21(22,23)24/h2-12,31H,13H2,1H3,(H,26,28). The summed E-state index contributed by atoms with van der Waals surface area (Å²) in [5, 5.41) is 2.72. The second-order valence-corrected chi connectivity index (χ2v) is 7.52. The number of amides is 1. The van der Waals surface area contributed by atoms with E-state index >= 15 is 0 Å². The minimum atomic E-state index is -4.54. The van der Waals surface area contributed by atoms with E-state index in [2.05, 4.69) is 10.3 Å². The van der Waals surface area contributed by atoms with E-state index in [1.165, 1.54) is 6.07 Å². The van der Waals surface area contributed by atoms with Crippen molar-refractivity contribution in [3.05, 3.63) is 89.2 Å². The number of hydrogen-bond acceptors (Lipinski definition) is 4. The molecule has 0 saturated heterocycles. The number of carbonyl (C=O) groups excluding carboxylic acids is 1. The summed E-state index contributed by atoms with van der Waals surface area (Å²) < 4.78 is 63.3. The van der Waals surface area contributed by atoms with Crippen LogP contribution in [0.4, 0.5) is 24.5 Å². The van der Waals surface area contributed by atoms with Crippen molar-refractivity contribution in [1.29, 1.82) is 0 Å². The summed E-state index contributed by atoms with van der Waals surface area (Å²) in [7, 11) is -3.23. The molecule has 1 heterocycles. The van der Waals surface area contributed by atoms with Gasteiger partial charge in [-0.3, -0.25) is 9.78 Å². The molecular weight excluding hydrogens is 431 g/mol. The molecule has 0 fully saturated rings. The van der Waals surface area contributed by atoms with E-state index in [4.69, 9.17) is 0 Å². The maximum atomic E-state index is 12.8. The van der Waals surface area contributed by atoms with Gasteiger partial charge in [0.1, 0.15) is 0 Å². The van der Waals surface area contributed by atoms with Crippen molar-refractivity contribution < 1.29 is 26.4 Å². The predicted molar refractivity (Wildman–Crippen MR) is 110 cm³/mol. The van der Waals surface area contributed by atoms with Gasteiger partial charge in [0.2, 0.25) is 10.9 Å². The van der Waals surface area contributed by atoms with Crippen molar-refractivity contribution in [2.24, 2.45) is 0 Å². The van der Waals surface area contributed by atoms with Crippen molar-refractivity contribution >= 4 is 28.2 Å². The fourth-order valence-electron chi connectivity index (χ4n) is 2.88. The Morgan fingerprint density at radius 3 is 2.39 bits per heavy atom. The van der Waals surface area contributed by atoms with Gasteiger partial charge in [-0.15, -0.1) is 0 Å². The van der Waals surface area contributed by atoms with Crippen LogP contribution in [-0.4, -0.2) is 19.3 Å². The topological polar surface area (TPSA) is 79.4 Å². The van der Waals surface area contributed by atoms with Crippen molar-refractivity contribution in [2.75, 3.05) is 4.31 Å². The van der Waals surface area contributed by atoms with Crippen molar-refractivity contribution in [3.63, 3.8) is 0 Å². The highest BCUT2D eigenvalue weighted by atomic mass is 32.2. The average molecular weight is 449 g/mol. The molecule has 0 radical (unpaired) electrons. The van der Waals surface area contributed by atoms with Gasteiger partial charge in [-0.25, -0.2) is 12.7 Å². The molecular formula is C21H18F3N3O3S. The molecule has 0 bridgehead atoms. The first-order chi connectivity index (χ1) is 14.7. The van der Waals surface area contributed by atoms with Gasteiger partial charge in [-0.05, 0) is 60.5 Å². The number of thiol groups is 1. The molecule has 0 unspecified atom stereocenters. The highest BCUT2D eigenvalue weighted by Gasteiger charge is 2.30. The fraction of sp³-hybridized carbons (Fsp3) is 0.143. The minimum Gasteiger partial charge on any atom is -0.348 e. The van der Waals surface area contributed by atoms with Crippen LogP contribution >= 0.6 is 0 Å². The molecule has 0 aliphatic carbocycles. The molecule has 10 heteroatoms. The van der Waals surface area contributed by atoms with Crippen molar-refractivity contribution in [2.45, 2.75) is 19.6 Å². The summed E-state index contributed by atoms with van der Waals surface area (Å²) in [4.78, 5) is 16.5. The Kier molecular flexibility index (Phi) is 6.59. The smallest absolute Gasteiger partial charge is 0.348 e. The minimum absolute atomic E-state index is 0.0279. The number of anilines is 2. The van der Waals surface area contributed by atoms with Crippen LogP contribution in [0.3, 0.4) is 0 Å². The Morgan fingerprint density at radius 1 is 1.10 bits per heavy atom. The second-order valence-electron chi connectivity index (χ2n) is 6.64. The third-order valence-electron chi connectivity index (χ3n) is 4.48. The lowest BCUT2D eigenvalue weighted by Gasteiger charge is -2.21. The van der Waals surface area contributed by atoms with E-state index in [0.29, 0.717) is 5.56 Å².